The van der Waals surface area contributed by atoms with Crippen molar-refractivity contribution in [2.45, 2.75) is 0 Å². The SMILES string of the molecule is c1ccc([Si](c2ccccc2)(c2nccc3c2oc2ccc(-n4c5ccccc5c5cnccc54)cc23)c2nccc3c2sc2ccc(-n4c5ccccc5c5ccccc54)cc23)cc1. The van der Waals surface area contributed by atoms with E-state index in [9.17, 15) is 0 Å². The summed E-state index contributed by atoms with van der Waals surface area (Å²) in [5.41, 5.74) is 8.43. The van der Waals surface area contributed by atoms with Crippen LogP contribution in [0.25, 0.3) is 97.1 Å². The number of nitrogens with zero attached hydrogens (tertiary/aromatic N) is 5. The Morgan fingerprint density at radius 3 is 1.62 bits per heavy atom. The summed E-state index contributed by atoms with van der Waals surface area (Å²) in [6.45, 7) is 0. The molecule has 0 aliphatic rings. The predicted molar refractivity (Wildman–Crippen MR) is 272 cm³/mol. The van der Waals surface area contributed by atoms with Crippen molar-refractivity contribution in [3.8, 4) is 11.4 Å². The van der Waals surface area contributed by atoms with E-state index < -0.39 is 8.07 Å². The average molecular weight is 866 g/mol. The minimum atomic E-state index is -3.36. The van der Waals surface area contributed by atoms with Gasteiger partial charge >= 0.3 is 0 Å². The number of hydrogen-bond donors (Lipinski definition) is 0. The van der Waals surface area contributed by atoms with E-state index in [0.29, 0.717) is 0 Å². The molecule has 0 saturated heterocycles. The van der Waals surface area contributed by atoms with Crippen molar-refractivity contribution < 1.29 is 4.42 Å². The Hall–Kier alpha value is -8.17. The van der Waals surface area contributed by atoms with Gasteiger partial charge in [-0.1, -0.05) is 115 Å². The molecule has 7 aromatic heterocycles. The van der Waals surface area contributed by atoms with Gasteiger partial charge in [0.05, 0.1) is 37.4 Å². The van der Waals surface area contributed by atoms with Gasteiger partial charge in [-0.15, -0.1) is 11.3 Å². The van der Waals surface area contributed by atoms with Crippen molar-refractivity contribution in [1.29, 1.82) is 0 Å². The highest BCUT2D eigenvalue weighted by Gasteiger charge is 2.48. The molecule has 304 valence electrons. The van der Waals surface area contributed by atoms with Gasteiger partial charge in [0.25, 0.3) is 0 Å². The van der Waals surface area contributed by atoms with Crippen LogP contribution >= 0.6 is 11.3 Å². The van der Waals surface area contributed by atoms with Gasteiger partial charge in [0, 0.05) is 84.0 Å². The zero-order chi connectivity index (χ0) is 42.6. The molecule has 0 N–H and O–H groups in total. The molecule has 0 atom stereocenters. The minimum absolute atomic E-state index is 0.791. The normalized spacial score (nSPS) is 12.3. The molecular weight excluding hydrogens is 831 g/mol. The fourth-order valence-electron chi connectivity index (χ4n) is 10.7. The van der Waals surface area contributed by atoms with E-state index in [-0.39, 0.29) is 0 Å². The quantitative estimate of drug-likeness (QED) is 0.156. The second-order valence-electron chi connectivity index (χ2n) is 16.7. The van der Waals surface area contributed by atoms with Gasteiger partial charge in [0.15, 0.2) is 5.58 Å². The highest BCUT2D eigenvalue weighted by Crippen LogP contribution is 2.39. The molecule has 0 bridgehead atoms. The van der Waals surface area contributed by atoms with Crippen molar-refractivity contribution in [2.75, 3.05) is 0 Å². The fourth-order valence-corrected chi connectivity index (χ4v) is 16.9. The lowest BCUT2D eigenvalue weighted by Crippen LogP contribution is -2.76. The first-order valence-electron chi connectivity index (χ1n) is 21.8. The van der Waals surface area contributed by atoms with Crippen LogP contribution in [0.3, 0.4) is 0 Å². The molecule has 65 heavy (non-hydrogen) atoms. The Kier molecular flexibility index (Phi) is 7.77. The molecule has 0 unspecified atom stereocenters. The molecule has 7 aromatic carbocycles. The van der Waals surface area contributed by atoms with Crippen LogP contribution in [0.1, 0.15) is 0 Å². The number of thiophene rings is 1. The number of para-hydroxylation sites is 3. The maximum Gasteiger partial charge on any atom is 0.230 e. The second-order valence-corrected chi connectivity index (χ2v) is 21.4. The summed E-state index contributed by atoms with van der Waals surface area (Å²) >= 11 is 1.82. The van der Waals surface area contributed by atoms with E-state index in [1.165, 1.54) is 57.7 Å². The van der Waals surface area contributed by atoms with Gasteiger partial charge < -0.3 is 13.6 Å². The van der Waals surface area contributed by atoms with Crippen LogP contribution in [-0.4, -0.2) is 32.2 Å². The molecule has 0 radical (unpaired) electrons. The number of rotatable bonds is 6. The molecule has 6 nitrogen and oxygen atoms in total. The molecule has 7 heterocycles. The van der Waals surface area contributed by atoms with Gasteiger partial charge in [0.1, 0.15) is 5.58 Å². The summed E-state index contributed by atoms with van der Waals surface area (Å²) < 4.78 is 14.2. The van der Waals surface area contributed by atoms with Crippen molar-refractivity contribution in [3.63, 3.8) is 0 Å². The highest BCUT2D eigenvalue weighted by atomic mass is 32.1. The third-order valence-corrected chi connectivity index (χ3v) is 19.4. The number of aromatic nitrogens is 5. The molecule has 0 amide bonds. The minimum Gasteiger partial charge on any atom is -0.455 e. The van der Waals surface area contributed by atoms with Crippen LogP contribution in [0.4, 0.5) is 0 Å². The number of benzene rings is 7. The van der Waals surface area contributed by atoms with Crippen LogP contribution in [0.15, 0.2) is 217 Å². The Morgan fingerprint density at radius 1 is 0.415 bits per heavy atom. The van der Waals surface area contributed by atoms with Crippen LogP contribution in [0.5, 0.6) is 0 Å². The Labute approximate surface area is 376 Å². The number of hydrogen-bond acceptors (Lipinski definition) is 5. The average Bonchev–Trinajstić information content (AvgIpc) is 4.13. The van der Waals surface area contributed by atoms with Crippen molar-refractivity contribution >= 4 is 126 Å². The summed E-state index contributed by atoms with van der Waals surface area (Å²) in [6.07, 6.45) is 7.82. The first-order chi connectivity index (χ1) is 32.3. The lowest BCUT2D eigenvalue weighted by molar-refractivity contribution is 0.670. The molecule has 0 saturated carbocycles. The van der Waals surface area contributed by atoms with Gasteiger partial charge in [0.2, 0.25) is 8.07 Å². The topological polar surface area (TPSA) is 61.7 Å². The van der Waals surface area contributed by atoms with Crippen LogP contribution in [-0.2, 0) is 0 Å². The van der Waals surface area contributed by atoms with Gasteiger partial charge in [-0.3, -0.25) is 15.0 Å². The lowest BCUT2D eigenvalue weighted by atomic mass is 10.1. The fraction of sp³-hybridized carbons (Fsp3) is 0. The van der Waals surface area contributed by atoms with E-state index in [2.05, 4.69) is 202 Å². The molecule has 0 fully saturated rings. The summed E-state index contributed by atoms with van der Waals surface area (Å²) in [7, 11) is -3.36. The molecule has 14 aromatic rings. The summed E-state index contributed by atoms with van der Waals surface area (Å²) in [6, 6.07) is 67.7. The Balaban J connectivity index is 1.04. The zero-order valence-corrected chi connectivity index (χ0v) is 36.6. The summed E-state index contributed by atoms with van der Waals surface area (Å²) in [5, 5.41) is 13.6. The molecule has 0 spiro atoms. The maximum absolute atomic E-state index is 7.13. The van der Waals surface area contributed by atoms with Crippen LogP contribution in [0.2, 0.25) is 0 Å². The van der Waals surface area contributed by atoms with Gasteiger partial charge in [-0.25, -0.2) is 0 Å². The standard InChI is InChI=1S/C57H35N5OSSi/c1-3-13-38(14-4-1)65(39-15-5-2-6-16-39,56-54-43(27-31-59-56)45-33-36(23-25-52(45)63-54)62-50-22-12-9-19-42(50)47-35-58-30-29-51(47)62)57-55-44(28-32-60-57)46-34-37(24-26-53(46)64-55)61-48-20-10-7-17-40(48)41-18-8-11-21-49(41)61/h1-35H. The summed E-state index contributed by atoms with van der Waals surface area (Å²) in [5.74, 6) is 0. The second kappa shape index (κ2) is 13.9. The highest BCUT2D eigenvalue weighted by molar-refractivity contribution is 7.30. The third kappa shape index (κ3) is 5.12. The number of fused-ring (bicyclic) bond motifs is 12. The van der Waals surface area contributed by atoms with E-state index in [0.717, 1.165) is 60.4 Å². The lowest BCUT2D eigenvalue weighted by Gasteiger charge is -2.32. The van der Waals surface area contributed by atoms with Gasteiger partial charge in [-0.2, -0.15) is 0 Å². The zero-order valence-electron chi connectivity index (χ0n) is 34.8. The summed E-state index contributed by atoms with van der Waals surface area (Å²) in [4.78, 5) is 15.4. The van der Waals surface area contributed by atoms with E-state index >= 15 is 0 Å². The number of furan rings is 1. The monoisotopic (exact) mass is 865 g/mol. The molecular formula is C57H35N5OSSi. The van der Waals surface area contributed by atoms with Gasteiger partial charge in [-0.05, 0) is 83.2 Å². The third-order valence-electron chi connectivity index (χ3n) is 13.4. The van der Waals surface area contributed by atoms with Crippen LogP contribution in [0, 0.1) is 0 Å². The Morgan fingerprint density at radius 2 is 0.954 bits per heavy atom. The largest absolute Gasteiger partial charge is 0.455 e. The smallest absolute Gasteiger partial charge is 0.230 e. The predicted octanol–water partition coefficient (Wildman–Crippen LogP) is 11.7. The van der Waals surface area contributed by atoms with E-state index in [1.807, 2.05) is 36.1 Å². The molecule has 0 aliphatic carbocycles. The van der Waals surface area contributed by atoms with Crippen molar-refractivity contribution in [1.82, 2.24) is 24.1 Å². The number of pyridine rings is 3. The van der Waals surface area contributed by atoms with E-state index in [4.69, 9.17) is 14.4 Å². The maximum atomic E-state index is 7.13. The molecule has 14 rings (SSSR count). The molecule has 0 aliphatic heterocycles. The van der Waals surface area contributed by atoms with Crippen molar-refractivity contribution in [3.05, 3.63) is 213 Å². The van der Waals surface area contributed by atoms with Crippen molar-refractivity contribution in [2.24, 2.45) is 0 Å². The first-order valence-corrected chi connectivity index (χ1v) is 24.6. The van der Waals surface area contributed by atoms with Crippen LogP contribution < -0.4 is 21.0 Å². The van der Waals surface area contributed by atoms with E-state index in [1.54, 1.807) is 0 Å². The molecule has 8 heteroatoms. The Bertz CT molecular complexity index is 3830. The first kappa shape index (κ1) is 36.3.